The third-order valence-corrected chi connectivity index (χ3v) is 11.8. The Bertz CT molecular complexity index is 503. The minimum absolute atomic E-state index is 0.173. The Hall–Kier alpha value is -0.261. The molecular formula is C34H68O4Sn. The Labute approximate surface area is 249 Å². The molecule has 0 bridgehead atoms. The fraction of sp³-hybridized carbons (Fsp3) is 0.941. The van der Waals surface area contributed by atoms with Crippen molar-refractivity contribution in [3.8, 4) is 0 Å². The summed E-state index contributed by atoms with van der Waals surface area (Å²) in [6, 6.07) is 0. The predicted octanol–water partition coefficient (Wildman–Crippen LogP) is 11.7. The first-order chi connectivity index (χ1) is 18.9. The average Bonchev–Trinajstić information content (AvgIpc) is 2.88. The molecule has 0 aromatic carbocycles. The van der Waals surface area contributed by atoms with Gasteiger partial charge in [-0.05, 0) is 0 Å². The smallest absolute Gasteiger partial charge is 0.0654 e. The van der Waals surface area contributed by atoms with E-state index in [9.17, 15) is 9.59 Å². The molecule has 0 unspecified atom stereocenters. The van der Waals surface area contributed by atoms with Gasteiger partial charge >= 0.3 is 185 Å². The first-order valence-corrected chi connectivity index (χ1v) is 25.4. The van der Waals surface area contributed by atoms with Gasteiger partial charge in [-0.25, -0.2) is 0 Å². The first kappa shape index (κ1) is 38.7. The molecule has 0 rings (SSSR count). The molecule has 0 N–H and O–H groups in total. The van der Waals surface area contributed by atoms with Crippen molar-refractivity contribution >= 4 is 31.1 Å². The van der Waals surface area contributed by atoms with Crippen LogP contribution in [0.3, 0.4) is 0 Å². The van der Waals surface area contributed by atoms with Crippen LogP contribution in [0.1, 0.15) is 194 Å². The molecule has 0 aliphatic rings. The Morgan fingerprint density at radius 3 is 0.821 bits per heavy atom. The van der Waals surface area contributed by atoms with E-state index in [0.717, 1.165) is 25.7 Å². The van der Waals surface area contributed by atoms with E-state index >= 15 is 0 Å². The summed E-state index contributed by atoms with van der Waals surface area (Å²) in [7, 11) is 0. The molecule has 0 amide bonds. The van der Waals surface area contributed by atoms with Gasteiger partial charge in [-0.15, -0.1) is 0 Å². The van der Waals surface area contributed by atoms with Gasteiger partial charge in [0.15, 0.2) is 0 Å². The van der Waals surface area contributed by atoms with Crippen molar-refractivity contribution in [2.45, 2.75) is 204 Å². The van der Waals surface area contributed by atoms with Crippen molar-refractivity contribution < 1.29 is 15.7 Å². The average molecular weight is 660 g/mol. The Kier molecular flexibility index (Phi) is 29.0. The molecule has 0 fully saturated rings. The van der Waals surface area contributed by atoms with Crippen molar-refractivity contribution in [1.82, 2.24) is 0 Å². The molecule has 0 heterocycles. The molecule has 5 heteroatoms. The monoisotopic (exact) mass is 660 g/mol. The summed E-state index contributed by atoms with van der Waals surface area (Å²) in [6.45, 7) is 4.54. The Balaban J connectivity index is 3.56. The second kappa shape index (κ2) is 29.2. The van der Waals surface area contributed by atoms with E-state index in [-0.39, 0.29) is 11.9 Å². The summed E-state index contributed by atoms with van der Waals surface area (Å²) < 4.78 is 11.3. The van der Waals surface area contributed by atoms with Crippen LogP contribution in [0.5, 0.6) is 0 Å². The minimum atomic E-state index is -3.54. The second-order valence-corrected chi connectivity index (χ2v) is 21.5. The molecular weight excluding hydrogens is 591 g/mol. The number of carbonyl (C=O) groups excluding carboxylic acids is 2. The molecule has 0 saturated heterocycles. The van der Waals surface area contributed by atoms with Crippen LogP contribution in [0.25, 0.3) is 0 Å². The van der Waals surface area contributed by atoms with Crippen LogP contribution in [-0.4, -0.2) is 31.1 Å². The zero-order valence-corrected chi connectivity index (χ0v) is 29.8. The topological polar surface area (TPSA) is 52.6 Å². The van der Waals surface area contributed by atoms with Crippen molar-refractivity contribution in [3.05, 3.63) is 0 Å². The van der Waals surface area contributed by atoms with Gasteiger partial charge < -0.3 is 0 Å². The van der Waals surface area contributed by atoms with E-state index < -0.39 is 19.2 Å². The molecule has 0 aliphatic carbocycles. The van der Waals surface area contributed by atoms with E-state index in [2.05, 4.69) is 13.8 Å². The maximum atomic E-state index is 12.3. The summed E-state index contributed by atoms with van der Waals surface area (Å²) >= 11 is -3.54. The van der Waals surface area contributed by atoms with Gasteiger partial charge in [0, 0.05) is 0 Å². The van der Waals surface area contributed by atoms with Crippen LogP contribution in [0, 0.1) is 0 Å². The van der Waals surface area contributed by atoms with Crippen molar-refractivity contribution in [2.75, 3.05) is 0 Å². The molecule has 39 heavy (non-hydrogen) atoms. The molecule has 0 saturated carbocycles. The number of rotatable bonds is 30. The number of carbonyl (C=O) groups is 2. The zero-order chi connectivity index (χ0) is 28.9. The first-order valence-electron chi connectivity index (χ1n) is 17.3. The van der Waals surface area contributed by atoms with Gasteiger partial charge in [0.25, 0.3) is 0 Å². The third kappa shape index (κ3) is 30.5. The van der Waals surface area contributed by atoms with Gasteiger partial charge in [-0.1, -0.05) is 65.2 Å². The van der Waals surface area contributed by atoms with E-state index in [1.165, 1.54) is 141 Å². The molecule has 0 spiro atoms. The van der Waals surface area contributed by atoms with E-state index in [4.69, 9.17) is 6.15 Å². The van der Waals surface area contributed by atoms with E-state index in [1.807, 2.05) is 9.88 Å². The van der Waals surface area contributed by atoms with Gasteiger partial charge in [0.2, 0.25) is 0 Å². The van der Waals surface area contributed by atoms with Gasteiger partial charge in [-0.2, -0.15) is 0 Å². The quantitative estimate of drug-likeness (QED) is 0.0569. The summed E-state index contributed by atoms with van der Waals surface area (Å²) in [5.74, 6) is -0.347. The Morgan fingerprint density at radius 2 is 0.590 bits per heavy atom. The molecule has 0 atom stereocenters. The molecule has 0 aliphatic heterocycles. The standard InChI is InChI=1S/2C16H32O2.2CH3.Sn/c2*1-2-3-4-5-6-7-8-9-10-11-12-13-14-15-16(17)18;;;/h2*2-15H2,1H3,(H,17,18);2*1H3;/q;;;;+2/p-2. The van der Waals surface area contributed by atoms with E-state index in [1.54, 1.807) is 0 Å². The predicted molar refractivity (Wildman–Crippen MR) is 170 cm³/mol. The zero-order valence-electron chi connectivity index (χ0n) is 26.9. The Morgan fingerprint density at radius 1 is 0.385 bits per heavy atom. The summed E-state index contributed by atoms with van der Waals surface area (Å²) in [4.78, 5) is 28.3. The second-order valence-electron chi connectivity index (χ2n) is 12.3. The molecule has 0 radical (unpaired) electrons. The van der Waals surface area contributed by atoms with Crippen molar-refractivity contribution in [2.24, 2.45) is 0 Å². The van der Waals surface area contributed by atoms with E-state index in [0.29, 0.717) is 12.8 Å². The van der Waals surface area contributed by atoms with Crippen LogP contribution in [0.2, 0.25) is 9.88 Å². The van der Waals surface area contributed by atoms with Crippen LogP contribution < -0.4 is 0 Å². The number of hydrogen-bond acceptors (Lipinski definition) is 4. The van der Waals surface area contributed by atoms with Crippen LogP contribution in [0.4, 0.5) is 0 Å². The fourth-order valence-corrected chi connectivity index (χ4v) is 9.08. The van der Waals surface area contributed by atoms with Crippen LogP contribution >= 0.6 is 0 Å². The molecule has 232 valence electrons. The normalized spacial score (nSPS) is 11.6. The number of unbranched alkanes of at least 4 members (excludes halogenated alkanes) is 24. The molecule has 4 nitrogen and oxygen atoms in total. The SMILES string of the molecule is CCCCCCCCCCCCCCCC(=O)[O][Sn]([CH3])([CH3])[O]C(=O)CCCCCCCCCCCCCCC. The minimum Gasteiger partial charge on any atom is -0.0654 e. The van der Waals surface area contributed by atoms with Gasteiger partial charge in [0.05, 0.1) is 0 Å². The molecule has 0 aromatic rings. The third-order valence-electron chi connectivity index (χ3n) is 7.69. The summed E-state index contributed by atoms with van der Waals surface area (Å²) in [5.41, 5.74) is 0. The number of hydrogen-bond donors (Lipinski definition) is 0. The van der Waals surface area contributed by atoms with Gasteiger partial charge in [-0.3, -0.25) is 0 Å². The van der Waals surface area contributed by atoms with Gasteiger partial charge in [0.1, 0.15) is 0 Å². The molecule has 0 aromatic heterocycles. The summed E-state index contributed by atoms with van der Waals surface area (Å²) in [5, 5.41) is 0. The fourth-order valence-electron chi connectivity index (χ4n) is 5.25. The van der Waals surface area contributed by atoms with Crippen molar-refractivity contribution in [1.29, 1.82) is 0 Å². The van der Waals surface area contributed by atoms with Crippen LogP contribution in [-0.2, 0) is 15.7 Å². The summed E-state index contributed by atoms with van der Waals surface area (Å²) in [6.07, 6.45) is 34.5. The van der Waals surface area contributed by atoms with Crippen molar-refractivity contribution in [3.63, 3.8) is 0 Å². The maximum absolute atomic E-state index is 12.3. The van der Waals surface area contributed by atoms with Crippen LogP contribution in [0.15, 0.2) is 0 Å².